The van der Waals surface area contributed by atoms with Gasteiger partial charge in [-0.25, -0.2) is 15.0 Å². The lowest BCUT2D eigenvalue weighted by atomic mass is 9.92. The van der Waals surface area contributed by atoms with E-state index in [9.17, 15) is 14.7 Å². The fraction of sp³-hybridized carbons (Fsp3) is 0.378. The maximum absolute atomic E-state index is 13.2. The molecule has 1 saturated heterocycles. The first-order valence-corrected chi connectivity index (χ1v) is 16.4. The minimum Gasteiger partial charge on any atom is -0.497 e. The first-order valence-electron chi connectivity index (χ1n) is 16.4. The van der Waals surface area contributed by atoms with Crippen LogP contribution in [0.5, 0.6) is 11.6 Å². The largest absolute Gasteiger partial charge is 0.497 e. The molecule has 1 aliphatic carbocycles. The van der Waals surface area contributed by atoms with E-state index in [-0.39, 0.29) is 18.2 Å². The summed E-state index contributed by atoms with van der Waals surface area (Å²) >= 11 is 0. The van der Waals surface area contributed by atoms with Crippen molar-refractivity contribution < 1.29 is 24.2 Å². The number of carbonyl (C=O) groups is 2. The number of rotatable bonds is 11. The number of pyridine rings is 3. The molecule has 6 rings (SSSR count). The third-order valence-electron chi connectivity index (χ3n) is 8.68. The molecule has 252 valence electrons. The third-order valence-corrected chi connectivity index (χ3v) is 8.68. The Labute approximate surface area is 281 Å². The van der Waals surface area contributed by atoms with Crippen LogP contribution in [0.1, 0.15) is 65.3 Å². The van der Waals surface area contributed by atoms with E-state index in [4.69, 9.17) is 15.2 Å². The van der Waals surface area contributed by atoms with E-state index in [2.05, 4.69) is 25.2 Å². The number of amides is 1. The minimum atomic E-state index is -0.772. The molecule has 4 heterocycles. The monoisotopic (exact) mass is 652 g/mol. The minimum absolute atomic E-state index is 0.0158. The molecule has 4 aromatic rings. The second kappa shape index (κ2) is 16.1. The standard InChI is InChI=1S/C31H36N4O5.C6H8N2/c1-20-4-3-5-28(33-20)34-31(38)25-9-8-24(39-2)17-27(25)35-14-11-21(12-15-35)19-40-29-16-23(10-13-32-29)26(18-30(36)37)22-6-7-22;1-5-3-2-4-6(7)8-5/h3-5,8-10,13,16-17,21-22,26H,6-7,11-12,14-15,18-19H2,1-2H3,(H,36,37)(H,33,34,38);2-4H,1H3,(H2,7,8)/t26-;/m0./s1. The van der Waals surface area contributed by atoms with Crippen LogP contribution < -0.4 is 25.4 Å². The zero-order valence-corrected chi connectivity index (χ0v) is 27.8. The second-order valence-electron chi connectivity index (χ2n) is 12.4. The number of aromatic nitrogens is 3. The van der Waals surface area contributed by atoms with Gasteiger partial charge in [0.2, 0.25) is 5.88 Å². The summed E-state index contributed by atoms with van der Waals surface area (Å²) in [7, 11) is 1.62. The van der Waals surface area contributed by atoms with E-state index in [1.54, 1.807) is 37.6 Å². The Morgan fingerprint density at radius 1 is 0.979 bits per heavy atom. The number of piperidine rings is 1. The normalized spacial score (nSPS) is 15.1. The molecule has 1 amide bonds. The van der Waals surface area contributed by atoms with Crippen LogP contribution in [0.2, 0.25) is 0 Å². The van der Waals surface area contributed by atoms with Gasteiger partial charge in [0.05, 0.1) is 31.4 Å². The van der Waals surface area contributed by atoms with Gasteiger partial charge in [-0.05, 0) is 105 Å². The van der Waals surface area contributed by atoms with Crippen LogP contribution in [0, 0.1) is 25.7 Å². The zero-order valence-electron chi connectivity index (χ0n) is 27.8. The number of aryl methyl sites for hydroxylation is 2. The van der Waals surface area contributed by atoms with Crippen LogP contribution >= 0.6 is 0 Å². The number of methoxy groups -OCH3 is 1. The number of hydrogen-bond donors (Lipinski definition) is 3. The van der Waals surface area contributed by atoms with Gasteiger partial charge in [-0.1, -0.05) is 12.1 Å². The lowest BCUT2D eigenvalue weighted by Crippen LogP contribution is -2.36. The average Bonchev–Trinajstić information content (AvgIpc) is 3.92. The summed E-state index contributed by atoms with van der Waals surface area (Å²) in [5.41, 5.74) is 9.55. The Hall–Kier alpha value is -5.19. The molecule has 2 aliphatic rings. The SMILES string of the molecule is COc1ccc(C(=O)Nc2cccc(C)n2)c(N2CCC(COc3cc([C@@H](CC(=O)O)C4CC4)ccn3)CC2)c1.Cc1cccc(N)n1. The number of nitrogen functional groups attached to an aromatic ring is 1. The number of carbonyl (C=O) groups excluding carboxylic acids is 1. The quantitative estimate of drug-likeness (QED) is 0.169. The summed E-state index contributed by atoms with van der Waals surface area (Å²) < 4.78 is 11.5. The Kier molecular flexibility index (Phi) is 11.4. The van der Waals surface area contributed by atoms with E-state index in [0.717, 1.165) is 61.4 Å². The van der Waals surface area contributed by atoms with Crippen LogP contribution in [-0.4, -0.2) is 58.7 Å². The number of nitrogens with two attached hydrogens (primary N) is 1. The second-order valence-corrected chi connectivity index (χ2v) is 12.4. The van der Waals surface area contributed by atoms with Crippen molar-refractivity contribution >= 4 is 29.2 Å². The van der Waals surface area contributed by atoms with E-state index >= 15 is 0 Å². The predicted octanol–water partition coefficient (Wildman–Crippen LogP) is 6.28. The fourth-order valence-electron chi connectivity index (χ4n) is 5.97. The summed E-state index contributed by atoms with van der Waals surface area (Å²) in [5.74, 6) is 2.17. The number of hydrogen-bond acceptors (Lipinski definition) is 9. The van der Waals surface area contributed by atoms with Gasteiger partial charge in [-0.15, -0.1) is 0 Å². The van der Waals surface area contributed by atoms with Gasteiger partial charge in [-0.3, -0.25) is 9.59 Å². The number of carboxylic acid groups (broad SMARTS) is 1. The summed E-state index contributed by atoms with van der Waals surface area (Å²) in [5, 5.41) is 12.3. The van der Waals surface area contributed by atoms with Crippen molar-refractivity contribution in [3.8, 4) is 11.6 Å². The molecule has 0 bridgehead atoms. The van der Waals surface area contributed by atoms with Gasteiger partial charge in [-0.2, -0.15) is 0 Å². The highest BCUT2D eigenvalue weighted by molar-refractivity contribution is 6.08. The number of anilines is 3. The average molecular weight is 653 g/mol. The number of nitrogens with zero attached hydrogens (tertiary/aromatic N) is 4. The lowest BCUT2D eigenvalue weighted by molar-refractivity contribution is -0.137. The van der Waals surface area contributed by atoms with Crippen LogP contribution in [0.15, 0.2) is 72.9 Å². The maximum Gasteiger partial charge on any atom is 0.303 e. The molecule has 11 heteroatoms. The molecule has 1 atom stereocenters. The first kappa shape index (κ1) is 34.2. The molecule has 4 N–H and O–H groups in total. The van der Waals surface area contributed by atoms with E-state index < -0.39 is 5.97 Å². The Morgan fingerprint density at radius 2 is 1.71 bits per heavy atom. The zero-order chi connectivity index (χ0) is 34.0. The van der Waals surface area contributed by atoms with Crippen molar-refractivity contribution in [3.63, 3.8) is 0 Å². The van der Waals surface area contributed by atoms with Gasteiger partial charge in [0, 0.05) is 42.8 Å². The molecular formula is C37H44N6O5. The van der Waals surface area contributed by atoms with Gasteiger partial charge in [0.25, 0.3) is 5.91 Å². The Bertz CT molecular complexity index is 1690. The summed E-state index contributed by atoms with van der Waals surface area (Å²) in [6, 6.07) is 20.4. The molecule has 0 spiro atoms. The number of carboxylic acids is 1. The summed E-state index contributed by atoms with van der Waals surface area (Å²) in [4.78, 5) is 39.5. The van der Waals surface area contributed by atoms with Gasteiger partial charge >= 0.3 is 5.97 Å². The first-order chi connectivity index (χ1) is 23.2. The predicted molar refractivity (Wildman–Crippen MR) is 186 cm³/mol. The molecule has 48 heavy (non-hydrogen) atoms. The van der Waals surface area contributed by atoms with Crippen molar-refractivity contribution in [3.05, 3.63) is 95.4 Å². The van der Waals surface area contributed by atoms with Gasteiger partial charge < -0.3 is 30.5 Å². The van der Waals surface area contributed by atoms with Crippen LogP contribution in [0.3, 0.4) is 0 Å². The number of aliphatic carboxylic acids is 1. The highest BCUT2D eigenvalue weighted by atomic mass is 16.5. The van der Waals surface area contributed by atoms with Crippen LogP contribution in [-0.2, 0) is 4.79 Å². The Balaban J connectivity index is 0.000000494. The topological polar surface area (TPSA) is 153 Å². The smallest absolute Gasteiger partial charge is 0.303 e. The van der Waals surface area contributed by atoms with Crippen molar-refractivity contribution in [1.82, 2.24) is 15.0 Å². The molecule has 1 aliphatic heterocycles. The molecular weight excluding hydrogens is 608 g/mol. The highest BCUT2D eigenvalue weighted by Gasteiger charge is 2.34. The molecule has 2 fully saturated rings. The highest BCUT2D eigenvalue weighted by Crippen LogP contribution is 2.45. The van der Waals surface area contributed by atoms with Crippen LogP contribution in [0.4, 0.5) is 17.3 Å². The molecule has 0 unspecified atom stereocenters. The molecule has 1 saturated carbocycles. The molecule has 1 aromatic carbocycles. The Morgan fingerprint density at radius 3 is 2.33 bits per heavy atom. The maximum atomic E-state index is 13.2. The van der Waals surface area contributed by atoms with Gasteiger partial charge in [0.1, 0.15) is 17.4 Å². The molecule has 0 radical (unpaired) electrons. The number of ether oxygens (including phenoxy) is 2. The third kappa shape index (κ3) is 9.66. The van der Waals surface area contributed by atoms with E-state index in [0.29, 0.717) is 47.3 Å². The number of benzene rings is 1. The van der Waals surface area contributed by atoms with Crippen molar-refractivity contribution in [2.45, 2.75) is 51.9 Å². The summed E-state index contributed by atoms with van der Waals surface area (Å²) in [6.45, 7) is 5.90. The molecule has 11 nitrogen and oxygen atoms in total. The summed E-state index contributed by atoms with van der Waals surface area (Å²) in [6.07, 6.45) is 5.82. The number of nitrogens with one attached hydrogen (secondary N) is 1. The molecule has 3 aromatic heterocycles. The lowest BCUT2D eigenvalue weighted by Gasteiger charge is -2.34. The van der Waals surface area contributed by atoms with E-state index in [1.165, 1.54) is 0 Å². The fourth-order valence-corrected chi connectivity index (χ4v) is 5.97. The van der Waals surface area contributed by atoms with E-state index in [1.807, 2.05) is 56.3 Å². The van der Waals surface area contributed by atoms with Crippen LogP contribution in [0.25, 0.3) is 0 Å². The van der Waals surface area contributed by atoms with Gasteiger partial charge in [0.15, 0.2) is 0 Å². The van der Waals surface area contributed by atoms with Crippen molar-refractivity contribution in [2.75, 3.05) is 42.8 Å². The van der Waals surface area contributed by atoms with Crippen molar-refractivity contribution in [1.29, 1.82) is 0 Å². The van der Waals surface area contributed by atoms with Crippen molar-refractivity contribution in [2.24, 2.45) is 11.8 Å².